The van der Waals surface area contributed by atoms with Crippen LogP contribution < -0.4 is 12.4 Å². The van der Waals surface area contributed by atoms with Crippen molar-refractivity contribution < 1.29 is 16.8 Å². The summed E-state index contributed by atoms with van der Waals surface area (Å²) < 4.78 is 6.15. The number of halogens is 1. The minimum Gasteiger partial charge on any atom is -1.00 e. The molecule has 0 aliphatic heterocycles. The van der Waals surface area contributed by atoms with Gasteiger partial charge < -0.3 is 12.4 Å². The number of nitrogens with zero attached hydrogens (tertiary/aromatic N) is 1. The maximum atomic E-state index is 6.15. The summed E-state index contributed by atoms with van der Waals surface area (Å²) in [5, 5.41) is 1.14. The quantitative estimate of drug-likeness (QED) is 0.522. The lowest BCUT2D eigenvalue weighted by Crippen LogP contribution is -3.00. The van der Waals surface area contributed by atoms with Crippen LogP contribution in [0.3, 0.4) is 0 Å². The second kappa shape index (κ2) is 8.50. The zero-order valence-corrected chi connectivity index (χ0v) is 15.5. The molecule has 0 saturated heterocycles. The fourth-order valence-electron chi connectivity index (χ4n) is 3.07. The van der Waals surface area contributed by atoms with Gasteiger partial charge in [-0.2, -0.15) is 4.42 Å². The van der Waals surface area contributed by atoms with Crippen molar-refractivity contribution >= 4 is 11.8 Å². The molecule has 1 aliphatic carbocycles. The Labute approximate surface area is 159 Å². The molecule has 2 aromatic carbocycles. The van der Waals surface area contributed by atoms with Gasteiger partial charge >= 0.3 is 11.7 Å². The van der Waals surface area contributed by atoms with E-state index in [-0.39, 0.29) is 12.4 Å². The first-order valence-electron chi connectivity index (χ1n) is 8.48. The Morgan fingerprint density at radius 1 is 0.880 bits per heavy atom. The fourth-order valence-corrected chi connectivity index (χ4v) is 4.10. The van der Waals surface area contributed by atoms with Gasteiger partial charge in [-0.1, -0.05) is 48.5 Å². The van der Waals surface area contributed by atoms with Crippen LogP contribution in [0.2, 0.25) is 0 Å². The van der Waals surface area contributed by atoms with E-state index in [1.165, 1.54) is 24.0 Å². The first kappa shape index (κ1) is 18.0. The van der Waals surface area contributed by atoms with Crippen molar-refractivity contribution in [2.75, 3.05) is 0 Å². The lowest BCUT2D eigenvalue weighted by atomic mass is 9.98. The zero-order chi connectivity index (χ0) is 16.2. The molecule has 0 atom stereocenters. The van der Waals surface area contributed by atoms with Gasteiger partial charge in [0.15, 0.2) is 0 Å². The van der Waals surface area contributed by atoms with Crippen molar-refractivity contribution in [1.82, 2.24) is 4.98 Å². The molecule has 4 rings (SSSR count). The molecule has 0 fully saturated rings. The minimum absolute atomic E-state index is 0. The Bertz CT molecular complexity index is 824. The van der Waals surface area contributed by atoms with Gasteiger partial charge in [0.1, 0.15) is 10.6 Å². The Morgan fingerprint density at radius 3 is 2.32 bits per heavy atom. The summed E-state index contributed by atoms with van der Waals surface area (Å²) in [6.07, 6.45) is 4.54. The van der Waals surface area contributed by atoms with E-state index in [9.17, 15) is 0 Å². The maximum absolute atomic E-state index is 6.15. The van der Waals surface area contributed by atoms with Gasteiger partial charge in [0.2, 0.25) is 0 Å². The summed E-state index contributed by atoms with van der Waals surface area (Å²) in [5.41, 5.74) is 3.70. The van der Waals surface area contributed by atoms with Crippen molar-refractivity contribution in [1.29, 1.82) is 0 Å². The maximum Gasteiger partial charge on any atom is 0.460 e. The monoisotopic (exact) mass is 369 g/mol. The van der Waals surface area contributed by atoms with Gasteiger partial charge in [0.05, 0.1) is 12.0 Å². The summed E-state index contributed by atoms with van der Waals surface area (Å²) >= 11 is 1.83. The molecule has 1 aliphatic rings. The van der Waals surface area contributed by atoms with Gasteiger partial charge in [-0.3, -0.25) is 0 Å². The van der Waals surface area contributed by atoms with Crippen molar-refractivity contribution in [3.05, 3.63) is 77.6 Å². The summed E-state index contributed by atoms with van der Waals surface area (Å²) in [4.78, 5) is 4.87. The highest BCUT2D eigenvalue weighted by Gasteiger charge is 2.28. The molecule has 0 bridgehead atoms. The molecule has 128 valence electrons. The predicted octanol–water partition coefficient (Wildman–Crippen LogP) is 2.80. The summed E-state index contributed by atoms with van der Waals surface area (Å²) in [6, 6.07) is 20.8. The number of aromatic nitrogens is 1. The second-order valence-corrected chi connectivity index (χ2v) is 7.04. The van der Waals surface area contributed by atoms with Gasteiger partial charge in [-0.15, -0.1) is 16.7 Å². The van der Waals surface area contributed by atoms with Crippen LogP contribution >= 0.6 is 11.8 Å². The zero-order valence-electron chi connectivity index (χ0n) is 14.0. The number of aryl methyl sites for hydroxylation is 1. The predicted molar refractivity (Wildman–Crippen MR) is 99.0 cm³/mol. The number of benzene rings is 2. The molecule has 3 aromatic rings. The minimum atomic E-state index is 0. The van der Waals surface area contributed by atoms with Crippen LogP contribution in [0.1, 0.15) is 29.7 Å². The Morgan fingerprint density at radius 2 is 1.56 bits per heavy atom. The third-order valence-electron chi connectivity index (χ3n) is 4.34. The summed E-state index contributed by atoms with van der Waals surface area (Å²) in [6.45, 7) is 0. The number of fused-ring (bicyclic) bond motifs is 1. The van der Waals surface area contributed by atoms with Gasteiger partial charge in [-0.25, -0.2) is 0 Å². The van der Waals surface area contributed by atoms with Gasteiger partial charge in [-0.05, 0) is 37.0 Å². The molecule has 25 heavy (non-hydrogen) atoms. The average molecular weight is 370 g/mol. The molecule has 0 spiro atoms. The Balaban J connectivity index is 0.00000182. The molecule has 1 heterocycles. The summed E-state index contributed by atoms with van der Waals surface area (Å²) in [7, 11) is 0. The SMILES string of the molecule is [Cl-].c1ccc(CSc2nc(-c3ccccc3)[o+]c3c2CCCC3)cc1. The first-order chi connectivity index (χ1) is 11.9. The molecular weight excluding hydrogens is 350 g/mol. The van der Waals surface area contributed by atoms with Crippen LogP contribution in [0.5, 0.6) is 0 Å². The number of hydrogen-bond donors (Lipinski definition) is 0. The highest BCUT2D eigenvalue weighted by Crippen LogP contribution is 2.34. The lowest BCUT2D eigenvalue weighted by molar-refractivity contribution is -0.00000541. The first-order valence-corrected chi connectivity index (χ1v) is 9.47. The van der Waals surface area contributed by atoms with Crippen LogP contribution in [-0.4, -0.2) is 4.98 Å². The summed E-state index contributed by atoms with van der Waals surface area (Å²) in [5.74, 6) is 2.82. The molecule has 4 heteroatoms. The molecule has 0 N–H and O–H groups in total. The van der Waals surface area contributed by atoms with Crippen molar-refractivity contribution in [3.63, 3.8) is 0 Å². The molecule has 1 aromatic heterocycles. The molecule has 0 saturated carbocycles. The molecule has 0 amide bonds. The van der Waals surface area contributed by atoms with Crippen molar-refractivity contribution in [2.45, 2.75) is 36.5 Å². The average Bonchev–Trinajstić information content (AvgIpc) is 2.67. The van der Waals surface area contributed by atoms with E-state index in [2.05, 4.69) is 42.5 Å². The van der Waals surface area contributed by atoms with Gasteiger partial charge in [0, 0.05) is 5.75 Å². The normalized spacial score (nSPS) is 13.0. The molecular formula is C21H20ClNOS. The number of hydrogen-bond acceptors (Lipinski definition) is 2. The highest BCUT2D eigenvalue weighted by molar-refractivity contribution is 7.98. The van der Waals surface area contributed by atoms with Crippen LogP contribution in [0.25, 0.3) is 11.5 Å². The van der Waals surface area contributed by atoms with E-state index in [0.717, 1.165) is 40.8 Å². The van der Waals surface area contributed by atoms with Crippen LogP contribution in [-0.2, 0) is 18.6 Å². The van der Waals surface area contributed by atoms with Crippen LogP contribution in [0.4, 0.5) is 0 Å². The Hall–Kier alpha value is -1.84. The number of thioether (sulfide) groups is 1. The standard InChI is InChI=1S/C21H20NOS.ClH/c1-3-9-16(10-4-1)15-24-21-18-13-7-8-14-19(18)23-20(22-21)17-11-5-2-6-12-17;/h1-6,9-12H,7-8,13-15H2;1H/q+1;/p-1. The van der Waals surface area contributed by atoms with Crippen molar-refractivity contribution in [3.8, 4) is 11.5 Å². The van der Waals surface area contributed by atoms with E-state index >= 15 is 0 Å². The third-order valence-corrected chi connectivity index (χ3v) is 5.43. The van der Waals surface area contributed by atoms with E-state index in [1.807, 2.05) is 30.0 Å². The molecule has 0 unspecified atom stereocenters. The van der Waals surface area contributed by atoms with E-state index < -0.39 is 0 Å². The van der Waals surface area contributed by atoms with E-state index in [1.54, 1.807) is 0 Å². The van der Waals surface area contributed by atoms with Crippen LogP contribution in [0, 0.1) is 0 Å². The Kier molecular flexibility index (Phi) is 6.11. The molecule has 2 nitrogen and oxygen atoms in total. The third kappa shape index (κ3) is 4.23. The largest absolute Gasteiger partial charge is 1.00 e. The smallest absolute Gasteiger partial charge is 0.460 e. The topological polar surface area (TPSA) is 24.2 Å². The number of rotatable bonds is 4. The van der Waals surface area contributed by atoms with Crippen LogP contribution in [0.15, 0.2) is 70.1 Å². The van der Waals surface area contributed by atoms with E-state index in [4.69, 9.17) is 9.40 Å². The highest BCUT2D eigenvalue weighted by atomic mass is 35.5. The fraction of sp³-hybridized carbons (Fsp3) is 0.238. The van der Waals surface area contributed by atoms with Crippen molar-refractivity contribution in [2.24, 2.45) is 0 Å². The van der Waals surface area contributed by atoms with Gasteiger partial charge in [0.25, 0.3) is 0 Å². The lowest BCUT2D eigenvalue weighted by Gasteiger charge is -2.11. The second-order valence-electron chi connectivity index (χ2n) is 6.07. The van der Waals surface area contributed by atoms with E-state index in [0.29, 0.717) is 0 Å². The molecule has 0 radical (unpaired) electrons.